The fourth-order valence-corrected chi connectivity index (χ4v) is 3.05. The van der Waals surface area contributed by atoms with E-state index in [1.807, 2.05) is 13.8 Å². The first-order valence-corrected chi connectivity index (χ1v) is 8.53. The van der Waals surface area contributed by atoms with Crippen molar-refractivity contribution in [2.45, 2.75) is 39.5 Å². The molecule has 0 radical (unpaired) electrons. The third-order valence-electron chi connectivity index (χ3n) is 4.39. The minimum absolute atomic E-state index is 0.146. The summed E-state index contributed by atoms with van der Waals surface area (Å²) in [6.45, 7) is 4.18. The van der Waals surface area contributed by atoms with Gasteiger partial charge in [0.1, 0.15) is 11.6 Å². The monoisotopic (exact) mass is 360 g/mol. The lowest BCUT2D eigenvalue weighted by molar-refractivity contribution is -0.116. The molecule has 3 N–H and O–H groups in total. The summed E-state index contributed by atoms with van der Waals surface area (Å²) in [6.07, 6.45) is 2.22. The molecule has 26 heavy (non-hydrogen) atoms. The fraction of sp³-hybridized carbons (Fsp3) is 0.389. The first kappa shape index (κ1) is 17.9. The number of anilines is 2. The number of aryl methyl sites for hydroxylation is 3. The van der Waals surface area contributed by atoms with Gasteiger partial charge in [0, 0.05) is 18.5 Å². The number of carbonyl (C=O) groups excluding carboxylic acids is 2. The minimum Gasteiger partial charge on any atom is -0.361 e. The zero-order chi connectivity index (χ0) is 18.7. The van der Waals surface area contributed by atoms with Crippen LogP contribution in [-0.4, -0.2) is 23.6 Å². The molecule has 138 valence electrons. The Hall–Kier alpha value is -2.90. The van der Waals surface area contributed by atoms with Crippen molar-refractivity contribution >= 4 is 23.3 Å². The predicted molar refractivity (Wildman–Crippen MR) is 94.7 cm³/mol. The summed E-state index contributed by atoms with van der Waals surface area (Å²) in [5, 5.41) is 11.9. The summed E-state index contributed by atoms with van der Waals surface area (Å²) in [4.78, 5) is 23.7. The average molecular weight is 360 g/mol. The molecule has 0 saturated heterocycles. The van der Waals surface area contributed by atoms with Crippen LogP contribution in [0.5, 0.6) is 0 Å². The van der Waals surface area contributed by atoms with E-state index in [9.17, 15) is 14.0 Å². The van der Waals surface area contributed by atoms with Crippen LogP contribution in [0.25, 0.3) is 0 Å². The van der Waals surface area contributed by atoms with E-state index in [-0.39, 0.29) is 11.6 Å². The van der Waals surface area contributed by atoms with Crippen molar-refractivity contribution in [3.63, 3.8) is 0 Å². The molecule has 0 bridgehead atoms. The van der Waals surface area contributed by atoms with Gasteiger partial charge in [-0.1, -0.05) is 5.16 Å². The standard InChI is InChI=1S/C18H21FN4O3/c1-10-14(11(2)26-23-10)4-3-7-20-18(25)21-15-9-13(19)8-12-5-6-16(24)22-17(12)15/h8-9H,3-7H2,1-2H3,(H,22,24)(H2,20,21,25). The largest absolute Gasteiger partial charge is 0.361 e. The number of halogens is 1. The first-order chi connectivity index (χ1) is 12.4. The number of benzene rings is 1. The Morgan fingerprint density at radius 2 is 2.15 bits per heavy atom. The molecule has 2 aromatic rings. The van der Waals surface area contributed by atoms with Gasteiger partial charge in [-0.2, -0.15) is 0 Å². The Morgan fingerprint density at radius 1 is 1.35 bits per heavy atom. The van der Waals surface area contributed by atoms with Crippen LogP contribution in [0.4, 0.5) is 20.6 Å². The molecule has 0 unspecified atom stereocenters. The molecule has 3 amide bonds. The second-order valence-electron chi connectivity index (χ2n) is 6.32. The Balaban J connectivity index is 1.55. The lowest BCUT2D eigenvalue weighted by atomic mass is 10.0. The highest BCUT2D eigenvalue weighted by Crippen LogP contribution is 2.31. The summed E-state index contributed by atoms with van der Waals surface area (Å²) < 4.78 is 18.8. The average Bonchev–Trinajstić information content (AvgIpc) is 2.91. The molecule has 0 atom stereocenters. The smallest absolute Gasteiger partial charge is 0.319 e. The fourth-order valence-electron chi connectivity index (χ4n) is 3.05. The van der Waals surface area contributed by atoms with Crippen LogP contribution in [0, 0.1) is 19.7 Å². The second kappa shape index (κ2) is 7.55. The summed E-state index contributed by atoms with van der Waals surface area (Å²) in [5.41, 5.74) is 3.31. The van der Waals surface area contributed by atoms with Gasteiger partial charge in [0.25, 0.3) is 0 Å². The van der Waals surface area contributed by atoms with Crippen LogP contribution in [-0.2, 0) is 17.6 Å². The van der Waals surface area contributed by atoms with Gasteiger partial charge in [-0.25, -0.2) is 9.18 Å². The molecule has 1 aliphatic rings. The van der Waals surface area contributed by atoms with E-state index in [4.69, 9.17) is 4.52 Å². The Labute approximate surface area is 150 Å². The number of rotatable bonds is 5. The Morgan fingerprint density at radius 3 is 2.88 bits per heavy atom. The van der Waals surface area contributed by atoms with Crippen LogP contribution < -0.4 is 16.0 Å². The van der Waals surface area contributed by atoms with Gasteiger partial charge in [0.2, 0.25) is 5.91 Å². The minimum atomic E-state index is -0.450. The van der Waals surface area contributed by atoms with Gasteiger partial charge in [0.05, 0.1) is 17.1 Å². The summed E-state index contributed by atoms with van der Waals surface area (Å²) >= 11 is 0. The highest BCUT2D eigenvalue weighted by molar-refractivity contribution is 6.01. The van der Waals surface area contributed by atoms with E-state index in [0.29, 0.717) is 37.1 Å². The molecular formula is C18H21FN4O3. The van der Waals surface area contributed by atoms with Gasteiger partial charge < -0.3 is 20.5 Å². The third-order valence-corrected chi connectivity index (χ3v) is 4.39. The highest BCUT2D eigenvalue weighted by atomic mass is 19.1. The maximum absolute atomic E-state index is 13.7. The van der Waals surface area contributed by atoms with Crippen LogP contribution >= 0.6 is 0 Å². The Kier molecular flexibility index (Phi) is 5.20. The highest BCUT2D eigenvalue weighted by Gasteiger charge is 2.20. The van der Waals surface area contributed by atoms with Crippen molar-refractivity contribution < 1.29 is 18.5 Å². The van der Waals surface area contributed by atoms with E-state index < -0.39 is 11.8 Å². The number of aromatic nitrogens is 1. The quantitative estimate of drug-likeness (QED) is 0.714. The number of hydrogen-bond donors (Lipinski definition) is 3. The van der Waals surface area contributed by atoms with E-state index in [1.165, 1.54) is 12.1 Å². The van der Waals surface area contributed by atoms with Crippen molar-refractivity contribution in [3.8, 4) is 0 Å². The van der Waals surface area contributed by atoms with Crippen LogP contribution in [0.15, 0.2) is 16.7 Å². The van der Waals surface area contributed by atoms with Crippen molar-refractivity contribution in [2.75, 3.05) is 17.2 Å². The zero-order valence-electron chi connectivity index (χ0n) is 14.7. The number of hydrogen-bond acceptors (Lipinski definition) is 4. The van der Waals surface area contributed by atoms with Crippen molar-refractivity contribution in [1.82, 2.24) is 10.5 Å². The van der Waals surface area contributed by atoms with Gasteiger partial charge in [-0.05, 0) is 50.8 Å². The van der Waals surface area contributed by atoms with Gasteiger partial charge in [0.15, 0.2) is 0 Å². The molecule has 1 aromatic carbocycles. The number of nitrogens with zero attached hydrogens (tertiary/aromatic N) is 1. The second-order valence-corrected chi connectivity index (χ2v) is 6.32. The molecule has 0 aliphatic carbocycles. The molecule has 0 saturated carbocycles. The predicted octanol–water partition coefficient (Wildman–Crippen LogP) is 3.07. The van der Waals surface area contributed by atoms with E-state index in [0.717, 1.165) is 23.4 Å². The lowest BCUT2D eigenvalue weighted by Gasteiger charge is -2.20. The summed E-state index contributed by atoms with van der Waals surface area (Å²) in [7, 11) is 0. The van der Waals surface area contributed by atoms with Gasteiger partial charge in [-0.15, -0.1) is 0 Å². The molecule has 2 heterocycles. The lowest BCUT2D eigenvalue weighted by Crippen LogP contribution is -2.31. The number of carbonyl (C=O) groups is 2. The van der Waals surface area contributed by atoms with Crippen molar-refractivity contribution in [2.24, 2.45) is 0 Å². The van der Waals surface area contributed by atoms with Crippen LogP contribution in [0.2, 0.25) is 0 Å². The number of fused-ring (bicyclic) bond motifs is 1. The third kappa shape index (κ3) is 4.01. The van der Waals surface area contributed by atoms with E-state index >= 15 is 0 Å². The molecule has 3 rings (SSSR count). The van der Waals surface area contributed by atoms with Crippen molar-refractivity contribution in [1.29, 1.82) is 0 Å². The molecule has 0 fully saturated rings. The zero-order valence-corrected chi connectivity index (χ0v) is 14.7. The number of amides is 3. The Bertz CT molecular complexity index is 828. The maximum Gasteiger partial charge on any atom is 0.319 e. The molecule has 1 aliphatic heterocycles. The van der Waals surface area contributed by atoms with Crippen LogP contribution in [0.1, 0.15) is 35.4 Å². The molecule has 1 aromatic heterocycles. The van der Waals surface area contributed by atoms with Crippen molar-refractivity contribution in [3.05, 3.63) is 40.5 Å². The molecule has 7 nitrogen and oxygen atoms in total. The topological polar surface area (TPSA) is 96.3 Å². The SMILES string of the molecule is Cc1noc(C)c1CCCNC(=O)Nc1cc(F)cc2c1NC(=O)CC2. The van der Waals surface area contributed by atoms with Crippen LogP contribution in [0.3, 0.4) is 0 Å². The number of urea groups is 1. The number of nitrogens with one attached hydrogen (secondary N) is 3. The van der Waals surface area contributed by atoms with Gasteiger partial charge in [-0.3, -0.25) is 4.79 Å². The summed E-state index contributed by atoms with van der Waals surface area (Å²) in [5.74, 6) is 0.190. The maximum atomic E-state index is 13.7. The summed E-state index contributed by atoms with van der Waals surface area (Å²) in [6, 6.07) is 2.13. The normalized spacial score (nSPS) is 13.1. The van der Waals surface area contributed by atoms with E-state index in [2.05, 4.69) is 21.1 Å². The van der Waals surface area contributed by atoms with E-state index in [1.54, 1.807) is 0 Å². The molecule has 8 heteroatoms. The first-order valence-electron chi connectivity index (χ1n) is 8.53. The van der Waals surface area contributed by atoms with Gasteiger partial charge >= 0.3 is 6.03 Å². The molecule has 0 spiro atoms. The molecular weight excluding hydrogens is 339 g/mol.